The fourth-order valence-corrected chi connectivity index (χ4v) is 4.24. The highest BCUT2D eigenvalue weighted by Gasteiger charge is 2.21. The van der Waals surface area contributed by atoms with Crippen molar-refractivity contribution in [3.63, 3.8) is 0 Å². The van der Waals surface area contributed by atoms with Gasteiger partial charge in [-0.25, -0.2) is 0 Å². The number of benzene rings is 1. The maximum absolute atomic E-state index is 12.8. The van der Waals surface area contributed by atoms with E-state index in [1.807, 2.05) is 13.0 Å². The Bertz CT molecular complexity index is 815. The van der Waals surface area contributed by atoms with Crippen LogP contribution < -0.4 is 9.80 Å². The van der Waals surface area contributed by atoms with E-state index in [1.165, 1.54) is 30.6 Å². The van der Waals surface area contributed by atoms with E-state index in [1.54, 1.807) is 6.07 Å². The average Bonchev–Trinajstić information content (AvgIpc) is 3.16. The summed E-state index contributed by atoms with van der Waals surface area (Å²) in [7, 11) is 2.18. The summed E-state index contributed by atoms with van der Waals surface area (Å²) >= 11 is 0. The summed E-state index contributed by atoms with van der Waals surface area (Å²) in [5, 5.41) is 0. The molecule has 2 saturated heterocycles. The van der Waals surface area contributed by atoms with Gasteiger partial charge >= 0.3 is 0 Å². The fraction of sp³-hybridized carbons (Fsp3) is 0.522. The summed E-state index contributed by atoms with van der Waals surface area (Å²) in [6.07, 6.45) is 4.14. The highest BCUT2D eigenvalue weighted by molar-refractivity contribution is 5.96. The third kappa shape index (κ3) is 4.25. The monoisotopic (exact) mass is 380 g/mol. The molecule has 0 atom stereocenters. The predicted molar refractivity (Wildman–Crippen MR) is 114 cm³/mol. The molecule has 0 N–H and O–H groups in total. The number of rotatable bonds is 5. The van der Waals surface area contributed by atoms with E-state index in [0.717, 1.165) is 50.6 Å². The van der Waals surface area contributed by atoms with Crippen LogP contribution in [0.15, 0.2) is 34.7 Å². The van der Waals surface area contributed by atoms with Crippen LogP contribution >= 0.6 is 0 Å². The molecular formula is C23H31N3O2. The maximum atomic E-state index is 12.8. The third-order valence-electron chi connectivity index (χ3n) is 6.00. The van der Waals surface area contributed by atoms with Crippen LogP contribution in [0, 0.1) is 6.92 Å². The van der Waals surface area contributed by atoms with E-state index in [-0.39, 0.29) is 5.78 Å². The van der Waals surface area contributed by atoms with Crippen molar-refractivity contribution in [1.29, 1.82) is 0 Å². The summed E-state index contributed by atoms with van der Waals surface area (Å²) in [4.78, 5) is 20.1. The van der Waals surface area contributed by atoms with E-state index in [9.17, 15) is 4.79 Å². The number of Topliss-reactive ketones (excluding diaryl/α,β-unsaturated/α-hetero) is 1. The van der Waals surface area contributed by atoms with Crippen LogP contribution in [0.3, 0.4) is 0 Å². The molecule has 2 aromatic rings. The second kappa shape index (κ2) is 8.39. The lowest BCUT2D eigenvalue weighted by molar-refractivity contribution is 0.0965. The molecule has 1 aromatic carbocycles. The highest BCUT2D eigenvalue weighted by Crippen LogP contribution is 2.31. The van der Waals surface area contributed by atoms with Crippen molar-refractivity contribution in [1.82, 2.24) is 4.90 Å². The first kappa shape index (κ1) is 19.1. The summed E-state index contributed by atoms with van der Waals surface area (Å²) in [5.41, 5.74) is 3.62. The van der Waals surface area contributed by atoms with Gasteiger partial charge in [-0.05, 0) is 63.1 Å². The Morgan fingerprint density at radius 1 is 0.929 bits per heavy atom. The minimum Gasteiger partial charge on any atom is -0.458 e. The first-order valence-corrected chi connectivity index (χ1v) is 10.5. The molecule has 3 heterocycles. The molecular weight excluding hydrogens is 349 g/mol. The second-order valence-electron chi connectivity index (χ2n) is 8.16. The Morgan fingerprint density at radius 2 is 1.68 bits per heavy atom. The Balaban J connectivity index is 1.60. The standard InChI is InChI=1S/C23H31N3O2/c1-18-6-9-23(28-18)22(27)16-19-7-8-20(25-14-12-24(2)13-15-25)17-21(19)26-10-4-3-5-11-26/h6-9,17H,3-5,10-16H2,1-2H3/i2-1. The third-order valence-corrected chi connectivity index (χ3v) is 6.00. The van der Waals surface area contributed by atoms with Crippen molar-refractivity contribution >= 4 is 17.2 Å². The summed E-state index contributed by atoms with van der Waals surface area (Å²) in [6.45, 7) is 8.33. The number of aryl methyl sites for hydroxylation is 1. The molecule has 2 aliphatic heterocycles. The number of piperazine rings is 1. The van der Waals surface area contributed by atoms with Crippen LogP contribution in [0.2, 0.25) is 0 Å². The van der Waals surface area contributed by atoms with Crippen molar-refractivity contribution in [3.8, 4) is 0 Å². The molecule has 5 nitrogen and oxygen atoms in total. The van der Waals surface area contributed by atoms with E-state index < -0.39 is 0 Å². The topological polar surface area (TPSA) is 39.9 Å². The minimum absolute atomic E-state index is 0.0544. The molecule has 0 bridgehead atoms. The zero-order chi connectivity index (χ0) is 19.5. The lowest BCUT2D eigenvalue weighted by Crippen LogP contribution is -2.44. The number of nitrogens with zero attached hydrogens (tertiary/aromatic N) is 3. The van der Waals surface area contributed by atoms with Crippen molar-refractivity contribution in [2.75, 3.05) is 56.1 Å². The van der Waals surface area contributed by atoms with Crippen molar-refractivity contribution in [2.24, 2.45) is 0 Å². The van der Waals surface area contributed by atoms with Gasteiger partial charge in [-0.1, -0.05) is 6.07 Å². The molecule has 1 aromatic heterocycles. The van der Waals surface area contributed by atoms with Crippen LogP contribution in [0.25, 0.3) is 0 Å². The first-order valence-electron chi connectivity index (χ1n) is 10.5. The number of carbonyl (C=O) groups is 1. The number of likely N-dealkylation sites (N-methyl/N-ethyl adjacent to an activating group) is 1. The van der Waals surface area contributed by atoms with Gasteiger partial charge in [0.25, 0.3) is 0 Å². The zero-order valence-corrected chi connectivity index (χ0v) is 17.1. The maximum Gasteiger partial charge on any atom is 0.202 e. The molecule has 150 valence electrons. The molecule has 2 fully saturated rings. The van der Waals surface area contributed by atoms with Gasteiger partial charge in [-0.3, -0.25) is 4.79 Å². The Morgan fingerprint density at radius 3 is 2.36 bits per heavy atom. The van der Waals surface area contributed by atoms with E-state index in [2.05, 4.69) is 39.9 Å². The summed E-state index contributed by atoms with van der Waals surface area (Å²) in [5.74, 6) is 1.30. The fourth-order valence-electron chi connectivity index (χ4n) is 4.24. The number of hydrogen-bond acceptors (Lipinski definition) is 5. The highest BCUT2D eigenvalue weighted by atomic mass is 16.3. The van der Waals surface area contributed by atoms with Gasteiger partial charge in [0, 0.05) is 57.1 Å². The number of furan rings is 1. The molecule has 0 radical (unpaired) electrons. The average molecular weight is 381 g/mol. The predicted octanol–water partition coefficient (Wildman–Crippen LogP) is 3.76. The van der Waals surface area contributed by atoms with Gasteiger partial charge in [-0.2, -0.15) is 0 Å². The summed E-state index contributed by atoms with van der Waals surface area (Å²) in [6, 6.07) is 10.3. The number of anilines is 2. The molecule has 2 aliphatic rings. The van der Waals surface area contributed by atoms with Crippen molar-refractivity contribution in [3.05, 3.63) is 47.4 Å². The molecule has 0 unspecified atom stereocenters. The Labute approximate surface area is 167 Å². The van der Waals surface area contributed by atoms with Gasteiger partial charge in [0.15, 0.2) is 5.76 Å². The van der Waals surface area contributed by atoms with Gasteiger partial charge in [0.1, 0.15) is 5.76 Å². The van der Waals surface area contributed by atoms with E-state index in [0.29, 0.717) is 12.2 Å². The first-order chi connectivity index (χ1) is 13.6. The zero-order valence-electron chi connectivity index (χ0n) is 17.1. The molecule has 28 heavy (non-hydrogen) atoms. The van der Waals surface area contributed by atoms with Gasteiger partial charge in [0.2, 0.25) is 5.78 Å². The van der Waals surface area contributed by atoms with Crippen LogP contribution in [-0.4, -0.2) is 57.0 Å². The lowest BCUT2D eigenvalue weighted by atomic mass is 10.0. The quantitative estimate of drug-likeness (QED) is 0.739. The SMILES string of the molecule is Cc1ccc(C(=O)Cc2ccc(N3CCN([11CH3])CC3)cc2N2CCCCC2)o1. The minimum atomic E-state index is 0.0544. The summed E-state index contributed by atoms with van der Waals surface area (Å²) < 4.78 is 5.56. The number of ketones is 1. The molecule has 5 heteroatoms. The lowest BCUT2D eigenvalue weighted by Gasteiger charge is -2.36. The molecule has 0 aliphatic carbocycles. The van der Waals surface area contributed by atoms with Crippen molar-refractivity contribution in [2.45, 2.75) is 32.6 Å². The Kier molecular flexibility index (Phi) is 5.72. The number of carbonyl (C=O) groups excluding carboxylic acids is 1. The molecule has 0 spiro atoms. The van der Waals surface area contributed by atoms with E-state index >= 15 is 0 Å². The van der Waals surface area contributed by atoms with Gasteiger partial charge in [-0.15, -0.1) is 0 Å². The smallest absolute Gasteiger partial charge is 0.202 e. The van der Waals surface area contributed by atoms with Crippen LogP contribution in [0.4, 0.5) is 11.4 Å². The molecule has 4 rings (SSSR count). The van der Waals surface area contributed by atoms with Crippen LogP contribution in [-0.2, 0) is 6.42 Å². The number of hydrogen-bond donors (Lipinski definition) is 0. The van der Waals surface area contributed by atoms with Crippen molar-refractivity contribution < 1.29 is 9.21 Å². The van der Waals surface area contributed by atoms with Crippen LogP contribution in [0.1, 0.15) is 41.1 Å². The molecule has 0 saturated carbocycles. The number of piperidine rings is 1. The van der Waals surface area contributed by atoms with E-state index in [4.69, 9.17) is 4.42 Å². The van der Waals surface area contributed by atoms with Crippen LogP contribution in [0.5, 0.6) is 0 Å². The second-order valence-corrected chi connectivity index (χ2v) is 8.16. The normalized spacial score (nSPS) is 18.5. The molecule has 0 amide bonds. The van der Waals surface area contributed by atoms with Gasteiger partial charge < -0.3 is 19.1 Å². The Hall–Kier alpha value is -2.27. The van der Waals surface area contributed by atoms with Gasteiger partial charge in [0.05, 0.1) is 0 Å². The largest absolute Gasteiger partial charge is 0.458 e.